The molecule has 0 saturated heterocycles. The molecule has 0 heterocycles. The van der Waals surface area contributed by atoms with Crippen molar-refractivity contribution >= 4 is 11.6 Å². The number of methoxy groups -OCH3 is 2. The molecular weight excluding hydrogens is 252 g/mol. The van der Waals surface area contributed by atoms with Crippen LogP contribution >= 0.6 is 0 Å². The molecule has 0 aliphatic heterocycles. The van der Waals surface area contributed by atoms with Crippen LogP contribution in [0.5, 0.6) is 11.5 Å². The highest BCUT2D eigenvalue weighted by molar-refractivity contribution is 6.26. The Morgan fingerprint density at radius 1 is 1.16 bits per heavy atom. The highest BCUT2D eigenvalue weighted by Crippen LogP contribution is 2.38. The number of rotatable bonds is 3. The van der Waals surface area contributed by atoms with Gasteiger partial charge in [0.25, 0.3) is 0 Å². The third-order valence-corrected chi connectivity index (χ3v) is 2.91. The minimum atomic E-state index is -0.572. The number of benzene rings is 1. The van der Waals surface area contributed by atoms with E-state index in [1.807, 2.05) is 0 Å². The molecular formula is C13H12O6. The number of hydrogen-bond donors (Lipinski definition) is 2. The lowest BCUT2D eigenvalue weighted by molar-refractivity contribution is 0.0911. The van der Waals surface area contributed by atoms with E-state index in [0.29, 0.717) is 0 Å². The van der Waals surface area contributed by atoms with E-state index in [2.05, 4.69) is 0 Å². The minimum absolute atomic E-state index is 0.0541. The lowest BCUT2D eigenvalue weighted by atomic mass is 9.90. The molecule has 1 aliphatic rings. The van der Waals surface area contributed by atoms with Gasteiger partial charge in [-0.2, -0.15) is 0 Å². The number of allylic oxidation sites excluding steroid dienone is 2. The van der Waals surface area contributed by atoms with Gasteiger partial charge in [0, 0.05) is 11.6 Å². The summed E-state index contributed by atoms with van der Waals surface area (Å²) in [7, 11) is 2.60. The topological polar surface area (TPSA) is 93.1 Å². The number of fused-ring (bicyclic) bond motifs is 1. The first-order valence-corrected chi connectivity index (χ1v) is 5.43. The molecule has 0 spiro atoms. The Balaban J connectivity index is 2.79. The molecule has 0 saturated carbocycles. The van der Waals surface area contributed by atoms with E-state index >= 15 is 0 Å². The zero-order valence-corrected chi connectivity index (χ0v) is 10.4. The molecule has 1 aromatic carbocycles. The molecule has 2 rings (SSSR count). The Morgan fingerprint density at radius 2 is 1.84 bits per heavy atom. The van der Waals surface area contributed by atoms with E-state index in [1.165, 1.54) is 20.3 Å². The van der Waals surface area contributed by atoms with E-state index in [0.717, 1.165) is 6.08 Å². The van der Waals surface area contributed by atoms with Gasteiger partial charge in [-0.1, -0.05) is 0 Å². The summed E-state index contributed by atoms with van der Waals surface area (Å²) in [6, 6.07) is 1.32. The molecule has 19 heavy (non-hydrogen) atoms. The van der Waals surface area contributed by atoms with Crippen LogP contribution in [0, 0.1) is 0 Å². The van der Waals surface area contributed by atoms with Gasteiger partial charge < -0.3 is 19.7 Å². The number of ether oxygens (including phenoxy) is 2. The molecule has 0 bridgehead atoms. The van der Waals surface area contributed by atoms with E-state index in [1.54, 1.807) is 0 Å². The number of carbonyl (C=O) groups excluding carboxylic acids is 2. The van der Waals surface area contributed by atoms with Crippen LogP contribution in [0.2, 0.25) is 0 Å². The van der Waals surface area contributed by atoms with Crippen LogP contribution in [-0.2, 0) is 11.3 Å². The van der Waals surface area contributed by atoms with Crippen LogP contribution in [-0.4, -0.2) is 36.0 Å². The van der Waals surface area contributed by atoms with Gasteiger partial charge in [0.15, 0.2) is 11.5 Å². The third kappa shape index (κ3) is 1.86. The predicted octanol–water partition coefficient (Wildman–Crippen LogP) is 0.802. The SMILES string of the molecule is COC1=CC(=O)c2c(O)c(CO)cc(OC)c2C1=O. The molecule has 1 aromatic rings. The van der Waals surface area contributed by atoms with Gasteiger partial charge in [-0.15, -0.1) is 0 Å². The van der Waals surface area contributed by atoms with E-state index in [-0.39, 0.29) is 28.2 Å². The maximum atomic E-state index is 12.1. The summed E-state index contributed by atoms with van der Waals surface area (Å²) >= 11 is 0. The van der Waals surface area contributed by atoms with Crippen molar-refractivity contribution in [2.24, 2.45) is 0 Å². The Morgan fingerprint density at radius 3 is 2.37 bits per heavy atom. The Labute approximate surface area is 108 Å². The molecule has 0 aromatic heterocycles. The van der Waals surface area contributed by atoms with Crippen LogP contribution in [0.25, 0.3) is 0 Å². The fourth-order valence-corrected chi connectivity index (χ4v) is 1.98. The van der Waals surface area contributed by atoms with Crippen molar-refractivity contribution in [1.82, 2.24) is 0 Å². The van der Waals surface area contributed by atoms with Gasteiger partial charge >= 0.3 is 0 Å². The number of aliphatic hydroxyl groups excluding tert-OH is 1. The first-order chi connectivity index (χ1) is 9.04. The highest BCUT2D eigenvalue weighted by Gasteiger charge is 2.33. The van der Waals surface area contributed by atoms with Crippen molar-refractivity contribution in [2.75, 3.05) is 14.2 Å². The summed E-state index contributed by atoms with van der Waals surface area (Å²) in [5.41, 5.74) is -0.109. The normalized spacial score (nSPS) is 13.9. The van der Waals surface area contributed by atoms with Gasteiger partial charge in [-0.05, 0) is 6.07 Å². The van der Waals surface area contributed by atoms with Gasteiger partial charge in [-0.3, -0.25) is 9.59 Å². The van der Waals surface area contributed by atoms with Crippen LogP contribution in [0.3, 0.4) is 0 Å². The van der Waals surface area contributed by atoms with Crippen molar-refractivity contribution in [3.05, 3.63) is 34.6 Å². The van der Waals surface area contributed by atoms with Crippen molar-refractivity contribution in [3.8, 4) is 11.5 Å². The highest BCUT2D eigenvalue weighted by atomic mass is 16.5. The van der Waals surface area contributed by atoms with Crippen LogP contribution in [0.15, 0.2) is 17.9 Å². The predicted molar refractivity (Wildman–Crippen MR) is 64.3 cm³/mol. The molecule has 0 atom stereocenters. The van der Waals surface area contributed by atoms with E-state index in [9.17, 15) is 14.7 Å². The molecule has 2 N–H and O–H groups in total. The van der Waals surface area contributed by atoms with Gasteiger partial charge in [0.05, 0.1) is 32.0 Å². The smallest absolute Gasteiger partial charge is 0.232 e. The summed E-state index contributed by atoms with van der Waals surface area (Å²) in [6.07, 6.45) is 1.00. The van der Waals surface area contributed by atoms with Gasteiger partial charge in [-0.25, -0.2) is 0 Å². The molecule has 6 heteroatoms. The van der Waals surface area contributed by atoms with Crippen LogP contribution in [0.4, 0.5) is 0 Å². The molecule has 6 nitrogen and oxygen atoms in total. The largest absolute Gasteiger partial charge is 0.507 e. The molecule has 100 valence electrons. The van der Waals surface area contributed by atoms with Crippen molar-refractivity contribution < 1.29 is 29.3 Å². The average molecular weight is 264 g/mol. The van der Waals surface area contributed by atoms with Crippen LogP contribution in [0.1, 0.15) is 26.3 Å². The van der Waals surface area contributed by atoms with E-state index < -0.39 is 23.9 Å². The molecule has 1 aliphatic carbocycles. The lowest BCUT2D eigenvalue weighted by Gasteiger charge is -2.19. The second kappa shape index (κ2) is 4.74. The zero-order chi connectivity index (χ0) is 14.2. The fourth-order valence-electron chi connectivity index (χ4n) is 1.98. The molecule has 0 unspecified atom stereocenters. The summed E-state index contributed by atoms with van der Waals surface area (Å²) < 4.78 is 9.87. The average Bonchev–Trinajstić information content (AvgIpc) is 2.42. The molecule has 0 fully saturated rings. The summed E-state index contributed by atoms with van der Waals surface area (Å²) in [4.78, 5) is 24.1. The number of hydrogen-bond acceptors (Lipinski definition) is 6. The minimum Gasteiger partial charge on any atom is -0.507 e. The van der Waals surface area contributed by atoms with E-state index in [4.69, 9.17) is 14.6 Å². The van der Waals surface area contributed by atoms with Gasteiger partial charge in [0.2, 0.25) is 5.78 Å². The number of ketones is 2. The second-order valence-electron chi connectivity index (χ2n) is 3.90. The number of aliphatic hydroxyl groups is 1. The quantitative estimate of drug-likeness (QED) is 0.838. The first-order valence-electron chi connectivity index (χ1n) is 5.43. The zero-order valence-electron chi connectivity index (χ0n) is 10.4. The fraction of sp³-hybridized carbons (Fsp3) is 0.231. The number of aromatic hydroxyl groups is 1. The summed E-state index contributed by atoms with van der Waals surface area (Å²) in [5, 5.41) is 19.1. The maximum Gasteiger partial charge on any atom is 0.232 e. The Hall–Kier alpha value is -2.34. The molecule has 0 amide bonds. The Kier molecular flexibility index (Phi) is 3.26. The molecule has 0 radical (unpaired) electrons. The third-order valence-electron chi connectivity index (χ3n) is 2.91. The number of carbonyl (C=O) groups is 2. The van der Waals surface area contributed by atoms with Crippen molar-refractivity contribution in [1.29, 1.82) is 0 Å². The maximum absolute atomic E-state index is 12.1. The first kappa shape index (κ1) is 13.1. The monoisotopic (exact) mass is 264 g/mol. The second-order valence-corrected chi connectivity index (χ2v) is 3.90. The van der Waals surface area contributed by atoms with Gasteiger partial charge in [0.1, 0.15) is 11.5 Å². The van der Waals surface area contributed by atoms with Crippen molar-refractivity contribution in [2.45, 2.75) is 6.61 Å². The number of phenols is 1. The summed E-state index contributed by atoms with van der Waals surface area (Å²) in [5.74, 6) is -1.54. The standard InChI is InChI=1S/C13H12O6/c1-18-8-3-6(5-14)12(16)10-7(15)4-9(19-2)13(17)11(8)10/h3-4,14,16H,5H2,1-2H3. The van der Waals surface area contributed by atoms with Crippen LogP contribution < -0.4 is 4.74 Å². The number of Topliss-reactive ketones (excluding diaryl/α,β-unsaturated/α-hetero) is 1. The lowest BCUT2D eigenvalue weighted by Crippen LogP contribution is -2.20. The summed E-state index contributed by atoms with van der Waals surface area (Å²) in [6.45, 7) is -0.474. The Bertz CT molecular complexity index is 600. The van der Waals surface area contributed by atoms with Crippen molar-refractivity contribution in [3.63, 3.8) is 0 Å².